The second-order valence-electron chi connectivity index (χ2n) is 8.37. The van der Waals surface area contributed by atoms with Crippen molar-refractivity contribution in [2.24, 2.45) is 0 Å². The van der Waals surface area contributed by atoms with Crippen molar-refractivity contribution in [1.29, 1.82) is 0 Å². The summed E-state index contributed by atoms with van der Waals surface area (Å²) >= 11 is 5.84. The van der Waals surface area contributed by atoms with Crippen LogP contribution in [0.5, 0.6) is 0 Å². The van der Waals surface area contributed by atoms with E-state index in [9.17, 15) is 22.4 Å². The number of rotatable bonds is 10. The number of carbonyl (C=O) groups excluding carboxylic acids is 2. The molecule has 0 spiro atoms. The van der Waals surface area contributed by atoms with Crippen LogP contribution in [0.4, 0.5) is 10.1 Å². The average Bonchev–Trinajstić information content (AvgIpc) is 2.77. The summed E-state index contributed by atoms with van der Waals surface area (Å²) in [5.41, 5.74) is 1.88. The second kappa shape index (κ2) is 11.7. The van der Waals surface area contributed by atoms with E-state index in [0.717, 1.165) is 40.2 Å². The highest BCUT2D eigenvalue weighted by molar-refractivity contribution is 7.92. The topological polar surface area (TPSA) is 86.8 Å². The number of nitrogens with zero attached hydrogens (tertiary/aromatic N) is 2. The third-order valence-corrected chi connectivity index (χ3v) is 6.94. The number of hydrogen-bond donors (Lipinski definition) is 1. The zero-order valence-electron chi connectivity index (χ0n) is 20.0. The SMILES string of the molecule is CC[C@H](C)NC(=O)[C@H](C)N(Cc1ccc(C)cc1)C(=O)CN(c1ccc(F)c(Cl)c1)S(C)(=O)=O. The lowest BCUT2D eigenvalue weighted by molar-refractivity contribution is -0.139. The first kappa shape index (κ1) is 27.6. The van der Waals surface area contributed by atoms with E-state index in [-0.39, 0.29) is 29.2 Å². The van der Waals surface area contributed by atoms with Gasteiger partial charge < -0.3 is 10.2 Å². The van der Waals surface area contributed by atoms with Gasteiger partial charge in [0, 0.05) is 12.6 Å². The Bertz CT molecular complexity index is 1130. The van der Waals surface area contributed by atoms with Crippen molar-refractivity contribution in [1.82, 2.24) is 10.2 Å². The first-order valence-corrected chi connectivity index (χ1v) is 13.1. The fourth-order valence-corrected chi connectivity index (χ4v) is 4.21. The van der Waals surface area contributed by atoms with Gasteiger partial charge in [0.25, 0.3) is 0 Å². The van der Waals surface area contributed by atoms with E-state index < -0.39 is 34.3 Å². The van der Waals surface area contributed by atoms with Crippen molar-refractivity contribution >= 4 is 39.1 Å². The number of halogens is 2. The summed E-state index contributed by atoms with van der Waals surface area (Å²) < 4.78 is 39.5. The van der Waals surface area contributed by atoms with Crippen molar-refractivity contribution in [2.75, 3.05) is 17.1 Å². The Morgan fingerprint density at radius 2 is 1.74 bits per heavy atom. The summed E-state index contributed by atoms with van der Waals surface area (Å²) in [5, 5.41) is 2.60. The molecule has 2 atom stereocenters. The summed E-state index contributed by atoms with van der Waals surface area (Å²) in [6, 6.07) is 9.96. The molecule has 0 aliphatic rings. The molecule has 0 fully saturated rings. The highest BCUT2D eigenvalue weighted by atomic mass is 35.5. The normalized spacial score (nSPS) is 13.1. The largest absolute Gasteiger partial charge is 0.352 e. The zero-order valence-corrected chi connectivity index (χ0v) is 21.6. The van der Waals surface area contributed by atoms with Gasteiger partial charge in [-0.1, -0.05) is 48.4 Å². The van der Waals surface area contributed by atoms with Crippen molar-refractivity contribution in [3.8, 4) is 0 Å². The van der Waals surface area contributed by atoms with Gasteiger partial charge in [0.1, 0.15) is 18.4 Å². The third-order valence-electron chi connectivity index (χ3n) is 5.51. The van der Waals surface area contributed by atoms with Crippen molar-refractivity contribution < 1.29 is 22.4 Å². The lowest BCUT2D eigenvalue weighted by atomic mass is 10.1. The lowest BCUT2D eigenvalue weighted by Crippen LogP contribution is -2.52. The highest BCUT2D eigenvalue weighted by Gasteiger charge is 2.30. The quantitative estimate of drug-likeness (QED) is 0.524. The second-order valence-corrected chi connectivity index (χ2v) is 10.7. The van der Waals surface area contributed by atoms with Gasteiger partial charge in [-0.25, -0.2) is 12.8 Å². The van der Waals surface area contributed by atoms with Crippen molar-refractivity contribution in [2.45, 2.75) is 52.7 Å². The van der Waals surface area contributed by atoms with Gasteiger partial charge in [-0.2, -0.15) is 0 Å². The minimum atomic E-state index is -3.92. The maximum Gasteiger partial charge on any atom is 0.244 e. The minimum absolute atomic E-state index is 0.0502. The highest BCUT2D eigenvalue weighted by Crippen LogP contribution is 2.25. The summed E-state index contributed by atoms with van der Waals surface area (Å²) in [6.07, 6.45) is 1.67. The van der Waals surface area contributed by atoms with E-state index in [1.54, 1.807) is 6.92 Å². The van der Waals surface area contributed by atoms with E-state index >= 15 is 0 Å². The summed E-state index contributed by atoms with van der Waals surface area (Å²) in [5.74, 6) is -1.63. The average molecular weight is 512 g/mol. The van der Waals surface area contributed by atoms with Gasteiger partial charge in [-0.3, -0.25) is 13.9 Å². The fourth-order valence-electron chi connectivity index (χ4n) is 3.19. The fraction of sp³-hybridized carbons (Fsp3) is 0.417. The number of carbonyl (C=O) groups is 2. The molecule has 10 heteroatoms. The van der Waals surface area contributed by atoms with Gasteiger partial charge in [0.05, 0.1) is 17.0 Å². The molecule has 2 amide bonds. The van der Waals surface area contributed by atoms with Crippen LogP contribution < -0.4 is 9.62 Å². The Hall–Kier alpha value is -2.65. The van der Waals surface area contributed by atoms with Crippen molar-refractivity contribution in [3.63, 3.8) is 0 Å². The van der Waals surface area contributed by atoms with Gasteiger partial charge in [-0.05, 0) is 51.0 Å². The number of benzene rings is 2. The van der Waals surface area contributed by atoms with Crippen LogP contribution in [0.25, 0.3) is 0 Å². The first-order chi connectivity index (χ1) is 15.8. The van der Waals surface area contributed by atoms with Gasteiger partial charge >= 0.3 is 0 Å². The van der Waals surface area contributed by atoms with Crippen LogP contribution >= 0.6 is 11.6 Å². The molecule has 34 heavy (non-hydrogen) atoms. The predicted octanol–water partition coefficient (Wildman–Crippen LogP) is 3.89. The number of anilines is 1. The number of aryl methyl sites for hydroxylation is 1. The van der Waals surface area contributed by atoms with Crippen LogP contribution in [-0.4, -0.2) is 50.0 Å². The predicted molar refractivity (Wildman–Crippen MR) is 133 cm³/mol. The molecule has 7 nitrogen and oxygen atoms in total. The molecule has 0 unspecified atom stereocenters. The Morgan fingerprint density at radius 3 is 2.26 bits per heavy atom. The molecule has 2 rings (SSSR count). The maximum atomic E-state index is 13.6. The summed E-state index contributed by atoms with van der Waals surface area (Å²) in [6.45, 7) is 6.86. The van der Waals surface area contributed by atoms with E-state index in [0.29, 0.717) is 0 Å². The van der Waals surface area contributed by atoms with Crippen LogP contribution in [-0.2, 0) is 26.2 Å². The van der Waals surface area contributed by atoms with E-state index in [2.05, 4.69) is 5.32 Å². The number of amides is 2. The Labute approximate surface area is 205 Å². The molecule has 0 aliphatic heterocycles. The maximum absolute atomic E-state index is 13.6. The van der Waals surface area contributed by atoms with Crippen molar-refractivity contribution in [3.05, 3.63) is 64.4 Å². The molecular formula is C24H31ClFN3O4S. The standard InChI is InChI=1S/C24H31ClFN3O4S/c1-6-17(3)27-24(31)18(4)28(14-19-9-7-16(2)8-10-19)23(30)15-29(34(5,32)33)20-11-12-22(26)21(25)13-20/h7-13,17-18H,6,14-15H2,1-5H3,(H,27,31)/t17-,18-/m0/s1. The molecule has 0 aliphatic carbocycles. The lowest BCUT2D eigenvalue weighted by Gasteiger charge is -2.32. The molecular weight excluding hydrogens is 481 g/mol. The minimum Gasteiger partial charge on any atom is -0.352 e. The number of hydrogen-bond acceptors (Lipinski definition) is 4. The smallest absolute Gasteiger partial charge is 0.244 e. The Morgan fingerprint density at radius 1 is 1.12 bits per heavy atom. The van der Waals surface area contributed by atoms with Gasteiger partial charge in [-0.15, -0.1) is 0 Å². The molecule has 0 bridgehead atoms. The van der Waals surface area contributed by atoms with Crippen LogP contribution in [0, 0.1) is 12.7 Å². The molecule has 1 N–H and O–H groups in total. The summed E-state index contributed by atoms with van der Waals surface area (Å²) in [4.78, 5) is 27.6. The molecule has 0 aromatic heterocycles. The van der Waals surface area contributed by atoms with Crippen LogP contribution in [0.15, 0.2) is 42.5 Å². The molecule has 0 heterocycles. The van der Waals surface area contributed by atoms with Crippen LogP contribution in [0.2, 0.25) is 5.02 Å². The van der Waals surface area contributed by atoms with Crippen LogP contribution in [0.1, 0.15) is 38.3 Å². The molecule has 0 saturated carbocycles. The third kappa shape index (κ3) is 7.43. The number of nitrogens with one attached hydrogen (secondary N) is 1. The van der Waals surface area contributed by atoms with Crippen LogP contribution in [0.3, 0.4) is 0 Å². The number of sulfonamides is 1. The molecule has 2 aromatic rings. The van der Waals surface area contributed by atoms with Gasteiger partial charge in [0.2, 0.25) is 21.8 Å². The molecule has 2 aromatic carbocycles. The van der Waals surface area contributed by atoms with E-state index in [1.807, 2.05) is 45.0 Å². The zero-order chi connectivity index (χ0) is 25.6. The first-order valence-electron chi connectivity index (χ1n) is 10.9. The Kier molecular flexibility index (Phi) is 9.46. The molecule has 0 saturated heterocycles. The van der Waals surface area contributed by atoms with E-state index in [4.69, 9.17) is 11.6 Å². The molecule has 186 valence electrons. The monoisotopic (exact) mass is 511 g/mol. The van der Waals surface area contributed by atoms with E-state index in [1.165, 1.54) is 11.0 Å². The summed E-state index contributed by atoms with van der Waals surface area (Å²) in [7, 11) is -3.92. The molecule has 0 radical (unpaired) electrons. The van der Waals surface area contributed by atoms with Gasteiger partial charge in [0.15, 0.2) is 0 Å². The Balaban J connectivity index is 2.39.